The zero-order valence-corrected chi connectivity index (χ0v) is 11.6. The van der Waals surface area contributed by atoms with Crippen LogP contribution in [-0.4, -0.2) is 24.5 Å². The van der Waals surface area contributed by atoms with Gasteiger partial charge in [-0.05, 0) is 40.3 Å². The maximum Gasteiger partial charge on any atom is 0.179 e. The molecule has 3 aromatic heterocycles. The fraction of sp³-hybridized carbons (Fsp3) is 0.0909. The first-order valence-corrected chi connectivity index (χ1v) is 6.43. The van der Waals surface area contributed by atoms with Gasteiger partial charge in [-0.1, -0.05) is 0 Å². The number of fused-ring (bicyclic) bond motifs is 1. The van der Waals surface area contributed by atoms with E-state index in [-0.39, 0.29) is 0 Å². The highest BCUT2D eigenvalue weighted by Gasteiger charge is 2.07. The van der Waals surface area contributed by atoms with Crippen molar-refractivity contribution in [3.8, 4) is 0 Å². The summed E-state index contributed by atoms with van der Waals surface area (Å²) in [6.45, 7) is 0.579. The summed E-state index contributed by atoms with van der Waals surface area (Å²) in [6.07, 6.45) is 4.99. The van der Waals surface area contributed by atoms with Crippen LogP contribution in [0.4, 0.5) is 0 Å². The number of aromatic nitrogens is 5. The first-order valence-electron chi connectivity index (χ1n) is 5.23. The molecule has 0 radical (unpaired) electrons. The van der Waals surface area contributed by atoms with Gasteiger partial charge in [0.1, 0.15) is 6.33 Å². The van der Waals surface area contributed by atoms with E-state index in [9.17, 15) is 0 Å². The molecule has 3 rings (SSSR count). The Bertz CT molecular complexity index is 749. The lowest BCUT2D eigenvalue weighted by atomic mass is 10.4. The summed E-state index contributed by atoms with van der Waals surface area (Å²) < 4.78 is 3.47. The average Bonchev–Trinajstić information content (AvgIpc) is 2.66. The van der Waals surface area contributed by atoms with E-state index in [0.29, 0.717) is 11.3 Å². The normalized spacial score (nSPS) is 10.9. The van der Waals surface area contributed by atoms with Crippen molar-refractivity contribution in [3.63, 3.8) is 0 Å². The monoisotopic (exact) mass is 321 g/mol. The third-order valence-electron chi connectivity index (χ3n) is 2.54. The van der Waals surface area contributed by atoms with E-state index < -0.39 is 0 Å². The Kier molecular flexibility index (Phi) is 2.92. The van der Waals surface area contributed by atoms with Crippen molar-refractivity contribution in [1.29, 1.82) is 0 Å². The minimum Gasteiger partial charge on any atom is -0.329 e. The van der Waals surface area contributed by atoms with Gasteiger partial charge < -0.3 is 4.98 Å². The van der Waals surface area contributed by atoms with Crippen LogP contribution in [0.3, 0.4) is 0 Å². The molecule has 0 aliphatic carbocycles. The predicted octanol–water partition coefficient (Wildman–Crippen LogP) is 2.69. The van der Waals surface area contributed by atoms with Gasteiger partial charge in [-0.3, -0.25) is 4.57 Å². The van der Waals surface area contributed by atoms with E-state index in [0.717, 1.165) is 21.3 Å². The Balaban J connectivity index is 2.12. The summed E-state index contributed by atoms with van der Waals surface area (Å²) in [5.41, 5.74) is 2.62. The molecule has 1 N–H and O–H groups in total. The van der Waals surface area contributed by atoms with Gasteiger partial charge in [0, 0.05) is 16.9 Å². The van der Waals surface area contributed by atoms with E-state index in [4.69, 9.17) is 12.2 Å². The first-order chi connectivity index (χ1) is 8.74. The number of imidazole rings is 1. The van der Waals surface area contributed by atoms with Gasteiger partial charge in [-0.2, -0.15) is 0 Å². The second kappa shape index (κ2) is 4.58. The number of rotatable bonds is 2. The molecule has 0 amide bonds. The topological polar surface area (TPSA) is 59.4 Å². The maximum absolute atomic E-state index is 5.30. The fourth-order valence-electron chi connectivity index (χ4n) is 1.74. The van der Waals surface area contributed by atoms with Gasteiger partial charge in [0.2, 0.25) is 0 Å². The van der Waals surface area contributed by atoms with Crippen LogP contribution in [0.5, 0.6) is 0 Å². The largest absolute Gasteiger partial charge is 0.329 e. The molecule has 3 heterocycles. The molecule has 0 aromatic carbocycles. The number of pyridine rings is 1. The van der Waals surface area contributed by atoms with Crippen molar-refractivity contribution >= 4 is 39.3 Å². The van der Waals surface area contributed by atoms with Crippen molar-refractivity contribution in [1.82, 2.24) is 24.5 Å². The molecule has 0 spiro atoms. The maximum atomic E-state index is 5.30. The highest BCUT2D eigenvalue weighted by molar-refractivity contribution is 9.10. The molecule has 0 bridgehead atoms. The molecule has 0 saturated heterocycles. The minimum atomic E-state index is 0.579. The van der Waals surface area contributed by atoms with Crippen LogP contribution >= 0.6 is 28.1 Å². The zero-order valence-electron chi connectivity index (χ0n) is 9.17. The van der Waals surface area contributed by atoms with E-state index in [1.807, 2.05) is 16.7 Å². The lowest BCUT2D eigenvalue weighted by Gasteiger charge is -2.02. The predicted molar refractivity (Wildman–Crippen MR) is 73.8 cm³/mol. The standard InChI is InChI=1S/C11H8BrN5S/c12-7-3-9-10(14-4-7)17(11(18)16-9)5-8-1-2-13-6-15-8/h1-4,6H,5H2,(H,16,18). The molecule has 3 aromatic rings. The summed E-state index contributed by atoms with van der Waals surface area (Å²) in [5, 5.41) is 0. The van der Waals surface area contributed by atoms with Crippen molar-refractivity contribution in [2.75, 3.05) is 0 Å². The summed E-state index contributed by atoms with van der Waals surface area (Å²) in [5.74, 6) is 0. The average molecular weight is 322 g/mol. The quantitative estimate of drug-likeness (QED) is 0.737. The summed E-state index contributed by atoms with van der Waals surface area (Å²) in [4.78, 5) is 15.6. The molecule has 18 heavy (non-hydrogen) atoms. The molecule has 0 aliphatic rings. The van der Waals surface area contributed by atoms with E-state index in [1.54, 1.807) is 12.4 Å². The van der Waals surface area contributed by atoms with E-state index in [1.165, 1.54) is 6.33 Å². The number of hydrogen-bond acceptors (Lipinski definition) is 4. The van der Waals surface area contributed by atoms with Crippen molar-refractivity contribution < 1.29 is 0 Å². The summed E-state index contributed by atoms with van der Waals surface area (Å²) >= 11 is 8.69. The van der Waals surface area contributed by atoms with Crippen LogP contribution in [0.2, 0.25) is 0 Å². The Hall–Kier alpha value is -1.60. The van der Waals surface area contributed by atoms with Gasteiger partial charge in [0.05, 0.1) is 17.8 Å². The molecule has 0 fully saturated rings. The third kappa shape index (κ3) is 2.06. The summed E-state index contributed by atoms with van der Waals surface area (Å²) in [6, 6.07) is 3.81. The molecule has 7 heteroatoms. The Morgan fingerprint density at radius 1 is 1.39 bits per heavy atom. The first kappa shape index (κ1) is 11.5. The van der Waals surface area contributed by atoms with Crippen molar-refractivity contribution in [2.24, 2.45) is 0 Å². The molecule has 0 unspecified atom stereocenters. The molecular formula is C11H8BrN5S. The van der Waals surface area contributed by atoms with Gasteiger partial charge in [0.25, 0.3) is 0 Å². The van der Waals surface area contributed by atoms with E-state index in [2.05, 4.69) is 35.9 Å². The van der Waals surface area contributed by atoms with Gasteiger partial charge >= 0.3 is 0 Å². The smallest absolute Gasteiger partial charge is 0.179 e. The van der Waals surface area contributed by atoms with Gasteiger partial charge in [0.15, 0.2) is 10.4 Å². The molecule has 0 aliphatic heterocycles. The Labute approximate surface area is 116 Å². The van der Waals surface area contributed by atoms with Gasteiger partial charge in [-0.15, -0.1) is 0 Å². The molecule has 0 atom stereocenters. The highest BCUT2D eigenvalue weighted by atomic mass is 79.9. The van der Waals surface area contributed by atoms with Crippen LogP contribution in [-0.2, 0) is 6.54 Å². The number of hydrogen-bond donors (Lipinski definition) is 1. The second-order valence-electron chi connectivity index (χ2n) is 3.74. The van der Waals surface area contributed by atoms with Crippen LogP contribution < -0.4 is 0 Å². The Morgan fingerprint density at radius 2 is 2.28 bits per heavy atom. The number of nitrogens with one attached hydrogen (secondary N) is 1. The van der Waals surface area contributed by atoms with Crippen molar-refractivity contribution in [2.45, 2.75) is 6.54 Å². The van der Waals surface area contributed by atoms with Crippen molar-refractivity contribution in [3.05, 3.63) is 45.8 Å². The highest BCUT2D eigenvalue weighted by Crippen LogP contribution is 2.17. The Morgan fingerprint density at radius 3 is 3.06 bits per heavy atom. The SMILES string of the molecule is S=c1[nH]c2cc(Br)cnc2n1Cc1ccncn1. The van der Waals surface area contributed by atoms with Crippen LogP contribution in [0.15, 0.2) is 35.3 Å². The third-order valence-corrected chi connectivity index (χ3v) is 3.30. The number of aromatic amines is 1. The van der Waals surface area contributed by atoms with Crippen LogP contribution in [0.25, 0.3) is 11.2 Å². The molecular weight excluding hydrogens is 314 g/mol. The second-order valence-corrected chi connectivity index (χ2v) is 5.04. The molecule has 5 nitrogen and oxygen atoms in total. The molecule has 90 valence electrons. The number of H-pyrrole nitrogens is 1. The summed E-state index contributed by atoms with van der Waals surface area (Å²) in [7, 11) is 0. The number of halogens is 1. The van der Waals surface area contributed by atoms with Crippen LogP contribution in [0.1, 0.15) is 5.69 Å². The lowest BCUT2D eigenvalue weighted by Crippen LogP contribution is -2.02. The lowest BCUT2D eigenvalue weighted by molar-refractivity contribution is 0.772. The zero-order chi connectivity index (χ0) is 12.5. The number of nitrogens with zero attached hydrogens (tertiary/aromatic N) is 4. The minimum absolute atomic E-state index is 0.579. The fourth-order valence-corrected chi connectivity index (χ4v) is 2.33. The molecule has 0 saturated carbocycles. The van der Waals surface area contributed by atoms with Crippen LogP contribution in [0, 0.1) is 4.77 Å². The van der Waals surface area contributed by atoms with Gasteiger partial charge in [-0.25, -0.2) is 15.0 Å². The van der Waals surface area contributed by atoms with E-state index >= 15 is 0 Å².